The molecule has 0 spiro atoms. The Hall–Kier alpha value is -0.900. The van der Waals surface area contributed by atoms with Crippen molar-refractivity contribution in [1.29, 1.82) is 0 Å². The lowest BCUT2D eigenvalue weighted by Gasteiger charge is -2.24. The Morgan fingerprint density at radius 2 is 2.00 bits per heavy atom. The first-order valence-corrected chi connectivity index (χ1v) is 7.83. The maximum absolute atomic E-state index is 4.37. The molecule has 3 unspecified atom stereocenters. The van der Waals surface area contributed by atoms with Gasteiger partial charge in [0.25, 0.3) is 0 Å². The molecule has 4 heteroatoms. The fraction of sp³-hybridized carbons (Fsp3) is 0.867. The van der Waals surface area contributed by atoms with Crippen LogP contribution in [0, 0.1) is 5.92 Å². The molecule has 19 heavy (non-hydrogen) atoms. The van der Waals surface area contributed by atoms with Gasteiger partial charge in [-0.2, -0.15) is 0 Å². The third kappa shape index (κ3) is 3.35. The highest BCUT2D eigenvalue weighted by Crippen LogP contribution is 2.21. The van der Waals surface area contributed by atoms with E-state index in [-0.39, 0.29) is 0 Å². The van der Waals surface area contributed by atoms with E-state index in [0.717, 1.165) is 24.7 Å². The number of aromatic nitrogens is 3. The minimum atomic E-state index is 0.299. The summed E-state index contributed by atoms with van der Waals surface area (Å²) < 4.78 is 2.30. The number of nitrogens with zero attached hydrogens (tertiary/aromatic N) is 3. The SMILES string of the molecule is CCC(C)CC(CC)NC(C)c1nnc2n1CCC2. The van der Waals surface area contributed by atoms with Crippen molar-refractivity contribution in [3.05, 3.63) is 11.6 Å². The van der Waals surface area contributed by atoms with Crippen molar-refractivity contribution in [1.82, 2.24) is 20.1 Å². The quantitative estimate of drug-likeness (QED) is 0.823. The van der Waals surface area contributed by atoms with Crippen LogP contribution < -0.4 is 5.32 Å². The van der Waals surface area contributed by atoms with Crippen molar-refractivity contribution in [3.63, 3.8) is 0 Å². The Kier molecular flexibility index (Phi) is 4.97. The monoisotopic (exact) mass is 264 g/mol. The molecule has 1 aromatic heterocycles. The van der Waals surface area contributed by atoms with Gasteiger partial charge < -0.3 is 9.88 Å². The summed E-state index contributed by atoms with van der Waals surface area (Å²) in [7, 11) is 0. The zero-order valence-corrected chi connectivity index (χ0v) is 12.8. The van der Waals surface area contributed by atoms with Crippen LogP contribution in [0.5, 0.6) is 0 Å². The van der Waals surface area contributed by atoms with Gasteiger partial charge >= 0.3 is 0 Å². The number of nitrogens with one attached hydrogen (secondary N) is 1. The van der Waals surface area contributed by atoms with Gasteiger partial charge in [-0.1, -0.05) is 27.2 Å². The highest BCUT2D eigenvalue weighted by atomic mass is 15.3. The van der Waals surface area contributed by atoms with Crippen LogP contribution in [-0.4, -0.2) is 20.8 Å². The van der Waals surface area contributed by atoms with Crippen molar-refractivity contribution in [2.45, 2.75) is 78.4 Å². The van der Waals surface area contributed by atoms with Gasteiger partial charge in [0.15, 0.2) is 0 Å². The van der Waals surface area contributed by atoms with E-state index in [1.54, 1.807) is 0 Å². The third-order valence-corrected chi connectivity index (χ3v) is 4.39. The van der Waals surface area contributed by atoms with Crippen molar-refractivity contribution in [3.8, 4) is 0 Å². The van der Waals surface area contributed by atoms with E-state index in [9.17, 15) is 0 Å². The predicted molar refractivity (Wildman–Crippen MR) is 78.0 cm³/mol. The second-order valence-corrected chi connectivity index (χ2v) is 5.97. The molecule has 0 aliphatic carbocycles. The van der Waals surface area contributed by atoms with Gasteiger partial charge in [0.05, 0.1) is 6.04 Å². The summed E-state index contributed by atoms with van der Waals surface area (Å²) in [5.74, 6) is 3.07. The molecule has 1 aromatic rings. The maximum atomic E-state index is 4.37. The van der Waals surface area contributed by atoms with Gasteiger partial charge in [0.2, 0.25) is 0 Å². The normalized spacial score (nSPS) is 19.2. The Morgan fingerprint density at radius 3 is 2.68 bits per heavy atom. The fourth-order valence-corrected chi connectivity index (χ4v) is 2.93. The molecule has 0 bridgehead atoms. The van der Waals surface area contributed by atoms with E-state index in [4.69, 9.17) is 0 Å². The second-order valence-electron chi connectivity index (χ2n) is 5.97. The topological polar surface area (TPSA) is 42.7 Å². The molecule has 0 radical (unpaired) electrons. The van der Waals surface area contributed by atoms with E-state index >= 15 is 0 Å². The molecule has 4 nitrogen and oxygen atoms in total. The largest absolute Gasteiger partial charge is 0.314 e. The molecule has 0 fully saturated rings. The number of aryl methyl sites for hydroxylation is 1. The van der Waals surface area contributed by atoms with Crippen molar-refractivity contribution in [2.24, 2.45) is 5.92 Å². The molecule has 108 valence electrons. The maximum Gasteiger partial charge on any atom is 0.149 e. The summed E-state index contributed by atoms with van der Waals surface area (Å²) in [6.45, 7) is 10.2. The lowest BCUT2D eigenvalue weighted by molar-refractivity contribution is 0.349. The van der Waals surface area contributed by atoms with Gasteiger partial charge in [-0.05, 0) is 32.1 Å². The van der Waals surface area contributed by atoms with E-state index in [1.807, 2.05) is 0 Å². The van der Waals surface area contributed by atoms with E-state index in [1.165, 1.54) is 31.5 Å². The molecule has 1 aliphatic rings. The Balaban J connectivity index is 1.97. The number of hydrogen-bond acceptors (Lipinski definition) is 3. The summed E-state index contributed by atoms with van der Waals surface area (Å²) in [6.07, 6.45) is 5.99. The van der Waals surface area contributed by atoms with E-state index in [0.29, 0.717) is 12.1 Å². The standard InChI is InChI=1S/C15H28N4/c1-5-11(3)10-13(6-2)16-12(4)15-18-17-14-8-7-9-19(14)15/h11-13,16H,5-10H2,1-4H3. The van der Waals surface area contributed by atoms with Crippen LogP contribution >= 0.6 is 0 Å². The summed E-state index contributed by atoms with van der Waals surface area (Å²) in [4.78, 5) is 0. The lowest BCUT2D eigenvalue weighted by Crippen LogP contribution is -2.33. The predicted octanol–water partition coefficient (Wildman–Crippen LogP) is 3.09. The van der Waals surface area contributed by atoms with Crippen molar-refractivity contribution < 1.29 is 0 Å². The molecule has 1 aliphatic heterocycles. The molecule has 0 saturated carbocycles. The van der Waals surface area contributed by atoms with Crippen LogP contribution in [0.2, 0.25) is 0 Å². The molecular formula is C15H28N4. The van der Waals surface area contributed by atoms with E-state index in [2.05, 4.69) is 47.8 Å². The average Bonchev–Trinajstić information content (AvgIpc) is 2.99. The number of rotatable bonds is 7. The molecule has 1 N–H and O–H groups in total. The third-order valence-electron chi connectivity index (χ3n) is 4.39. The molecular weight excluding hydrogens is 236 g/mol. The highest BCUT2D eigenvalue weighted by Gasteiger charge is 2.23. The van der Waals surface area contributed by atoms with Crippen LogP contribution in [-0.2, 0) is 13.0 Å². The molecule has 0 saturated heterocycles. The van der Waals surface area contributed by atoms with Crippen LogP contribution in [0.25, 0.3) is 0 Å². The Labute approximate surface area is 117 Å². The van der Waals surface area contributed by atoms with E-state index < -0.39 is 0 Å². The van der Waals surface area contributed by atoms with Gasteiger partial charge in [-0.15, -0.1) is 10.2 Å². The first-order chi connectivity index (χ1) is 9.15. The molecule has 2 rings (SSSR count). The van der Waals surface area contributed by atoms with Gasteiger partial charge in [0, 0.05) is 19.0 Å². The fourth-order valence-electron chi connectivity index (χ4n) is 2.93. The van der Waals surface area contributed by atoms with Crippen LogP contribution in [0.3, 0.4) is 0 Å². The Bertz CT molecular complexity index is 399. The van der Waals surface area contributed by atoms with Crippen LogP contribution in [0.4, 0.5) is 0 Å². The smallest absolute Gasteiger partial charge is 0.149 e. The molecule has 2 heterocycles. The lowest BCUT2D eigenvalue weighted by atomic mass is 9.97. The number of fused-ring (bicyclic) bond motifs is 1. The highest BCUT2D eigenvalue weighted by molar-refractivity contribution is 5.04. The summed E-state index contributed by atoms with van der Waals surface area (Å²) in [6, 6.07) is 0.882. The van der Waals surface area contributed by atoms with Crippen molar-refractivity contribution >= 4 is 0 Å². The van der Waals surface area contributed by atoms with Crippen LogP contribution in [0.15, 0.2) is 0 Å². The zero-order valence-electron chi connectivity index (χ0n) is 12.8. The van der Waals surface area contributed by atoms with Gasteiger partial charge in [-0.25, -0.2) is 0 Å². The van der Waals surface area contributed by atoms with Gasteiger partial charge in [0.1, 0.15) is 11.6 Å². The number of hydrogen-bond donors (Lipinski definition) is 1. The summed E-state index contributed by atoms with van der Waals surface area (Å²) in [5.41, 5.74) is 0. The summed E-state index contributed by atoms with van der Waals surface area (Å²) in [5, 5.41) is 12.4. The molecule has 0 amide bonds. The second kappa shape index (κ2) is 6.51. The van der Waals surface area contributed by atoms with Crippen LogP contribution in [0.1, 0.15) is 71.1 Å². The molecule has 3 atom stereocenters. The zero-order chi connectivity index (χ0) is 13.8. The first kappa shape index (κ1) is 14.5. The Morgan fingerprint density at radius 1 is 1.21 bits per heavy atom. The minimum Gasteiger partial charge on any atom is -0.314 e. The summed E-state index contributed by atoms with van der Waals surface area (Å²) >= 11 is 0. The van der Waals surface area contributed by atoms with Gasteiger partial charge in [-0.3, -0.25) is 0 Å². The minimum absolute atomic E-state index is 0.299. The average molecular weight is 264 g/mol. The molecule has 0 aromatic carbocycles. The first-order valence-electron chi connectivity index (χ1n) is 7.83. The van der Waals surface area contributed by atoms with Crippen molar-refractivity contribution in [2.75, 3.05) is 0 Å².